The molecule has 0 atom stereocenters. The minimum atomic E-state index is -0.378. The largest absolute Gasteiger partial charge is 0.360 e. The van der Waals surface area contributed by atoms with Crippen LogP contribution in [0.2, 0.25) is 0 Å². The molecule has 0 aliphatic heterocycles. The molecular weight excluding hydrogens is 337 g/mol. The van der Waals surface area contributed by atoms with Gasteiger partial charge >= 0.3 is 0 Å². The number of hydrogen-bond donors (Lipinski definition) is 2. The van der Waals surface area contributed by atoms with E-state index in [1.807, 2.05) is 35.8 Å². The van der Waals surface area contributed by atoms with E-state index in [1.54, 1.807) is 18.2 Å². The summed E-state index contributed by atoms with van der Waals surface area (Å²) >= 11 is 1.35. The number of thiazole rings is 1. The van der Waals surface area contributed by atoms with Gasteiger partial charge in [0.05, 0.1) is 12.1 Å². The van der Waals surface area contributed by atoms with Crippen LogP contribution in [-0.4, -0.2) is 15.9 Å². The Morgan fingerprint density at radius 2 is 1.96 bits per heavy atom. The topological polar surface area (TPSA) is 57.8 Å². The molecule has 2 N–H and O–H groups in total. The summed E-state index contributed by atoms with van der Waals surface area (Å²) in [5.74, 6) is -0.666. The van der Waals surface area contributed by atoms with Gasteiger partial charge in [-0.2, -0.15) is 0 Å². The van der Waals surface area contributed by atoms with Crippen molar-refractivity contribution in [3.8, 4) is 11.3 Å². The smallest absolute Gasteiger partial charge is 0.230 e. The van der Waals surface area contributed by atoms with Crippen LogP contribution >= 0.6 is 11.3 Å². The molecule has 0 spiro atoms. The molecule has 0 fully saturated rings. The number of nitrogens with one attached hydrogen (secondary N) is 2. The lowest BCUT2D eigenvalue weighted by Crippen LogP contribution is -2.15. The Balaban J connectivity index is 1.52. The van der Waals surface area contributed by atoms with Gasteiger partial charge in [0.2, 0.25) is 5.91 Å². The number of amides is 1. The van der Waals surface area contributed by atoms with E-state index in [-0.39, 0.29) is 18.1 Å². The Hall–Kier alpha value is -2.99. The number of carbonyl (C=O) groups excluding carboxylic acids is 1. The molecule has 0 unspecified atom stereocenters. The second-order valence-electron chi connectivity index (χ2n) is 5.60. The SMILES string of the molecule is O=C(Cc1ccccc1F)Nc1nc(-c2c[nH]c3ccccc23)cs1. The maximum Gasteiger partial charge on any atom is 0.230 e. The van der Waals surface area contributed by atoms with Gasteiger partial charge in [-0.25, -0.2) is 9.37 Å². The lowest BCUT2D eigenvalue weighted by atomic mass is 10.1. The summed E-state index contributed by atoms with van der Waals surface area (Å²) in [6.45, 7) is 0. The molecule has 2 aromatic carbocycles. The van der Waals surface area contributed by atoms with Gasteiger partial charge in [-0.1, -0.05) is 36.4 Å². The van der Waals surface area contributed by atoms with E-state index in [0.29, 0.717) is 10.7 Å². The van der Waals surface area contributed by atoms with Crippen LogP contribution < -0.4 is 5.32 Å². The lowest BCUT2D eigenvalue weighted by Gasteiger charge is -2.03. The van der Waals surface area contributed by atoms with E-state index < -0.39 is 0 Å². The predicted molar refractivity (Wildman–Crippen MR) is 98.1 cm³/mol. The Bertz CT molecular complexity index is 1050. The number of halogens is 1. The number of H-pyrrole nitrogens is 1. The maximum atomic E-state index is 13.6. The van der Waals surface area contributed by atoms with Crippen LogP contribution in [0.3, 0.4) is 0 Å². The van der Waals surface area contributed by atoms with Gasteiger partial charge in [0.15, 0.2) is 5.13 Å². The van der Waals surface area contributed by atoms with E-state index in [9.17, 15) is 9.18 Å². The van der Waals surface area contributed by atoms with Crippen LogP contribution in [0.5, 0.6) is 0 Å². The van der Waals surface area contributed by atoms with Gasteiger partial charge in [0, 0.05) is 28.0 Å². The number of nitrogens with zero attached hydrogens (tertiary/aromatic N) is 1. The van der Waals surface area contributed by atoms with Crippen molar-refractivity contribution in [2.45, 2.75) is 6.42 Å². The normalized spacial score (nSPS) is 10.9. The fourth-order valence-electron chi connectivity index (χ4n) is 2.72. The molecule has 0 aliphatic rings. The number of rotatable bonds is 4. The average Bonchev–Trinajstić information content (AvgIpc) is 3.23. The van der Waals surface area contributed by atoms with Crippen molar-refractivity contribution in [3.63, 3.8) is 0 Å². The number of fused-ring (bicyclic) bond motifs is 1. The molecule has 0 saturated heterocycles. The third-order valence-corrected chi connectivity index (χ3v) is 4.68. The van der Waals surface area contributed by atoms with Gasteiger partial charge in [0.1, 0.15) is 5.82 Å². The fourth-order valence-corrected chi connectivity index (χ4v) is 3.44. The van der Waals surface area contributed by atoms with Gasteiger partial charge in [-0.15, -0.1) is 11.3 Å². The average molecular weight is 351 g/mol. The Labute approximate surface area is 147 Å². The summed E-state index contributed by atoms with van der Waals surface area (Å²) in [5.41, 5.74) is 3.19. The highest BCUT2D eigenvalue weighted by Crippen LogP contribution is 2.30. The molecule has 6 heteroatoms. The van der Waals surface area contributed by atoms with E-state index in [1.165, 1.54) is 17.4 Å². The molecule has 1 amide bonds. The van der Waals surface area contributed by atoms with Crippen molar-refractivity contribution >= 4 is 33.3 Å². The van der Waals surface area contributed by atoms with Crippen LogP contribution in [0, 0.1) is 5.82 Å². The van der Waals surface area contributed by atoms with Crippen LogP contribution in [-0.2, 0) is 11.2 Å². The summed E-state index contributed by atoms with van der Waals surface area (Å²) in [7, 11) is 0. The summed E-state index contributed by atoms with van der Waals surface area (Å²) in [4.78, 5) is 19.8. The predicted octanol–water partition coefficient (Wildman–Crippen LogP) is 4.61. The fraction of sp³-hybridized carbons (Fsp3) is 0.0526. The van der Waals surface area contributed by atoms with E-state index in [4.69, 9.17) is 0 Å². The zero-order chi connectivity index (χ0) is 17.2. The van der Waals surface area contributed by atoms with Gasteiger partial charge in [-0.05, 0) is 17.7 Å². The van der Waals surface area contributed by atoms with E-state index >= 15 is 0 Å². The van der Waals surface area contributed by atoms with E-state index in [2.05, 4.69) is 15.3 Å². The maximum absolute atomic E-state index is 13.6. The first-order valence-corrected chi connectivity index (χ1v) is 8.64. The molecule has 25 heavy (non-hydrogen) atoms. The molecule has 0 aliphatic carbocycles. The van der Waals surface area contributed by atoms with Crippen LogP contribution in [0.4, 0.5) is 9.52 Å². The second-order valence-corrected chi connectivity index (χ2v) is 6.46. The first kappa shape index (κ1) is 15.5. The molecule has 2 heterocycles. The minimum absolute atomic E-state index is 0.0192. The Morgan fingerprint density at radius 1 is 1.16 bits per heavy atom. The zero-order valence-corrected chi connectivity index (χ0v) is 13.9. The van der Waals surface area contributed by atoms with Gasteiger partial charge in [0.25, 0.3) is 0 Å². The number of anilines is 1. The van der Waals surface area contributed by atoms with Gasteiger partial charge < -0.3 is 10.3 Å². The first-order valence-electron chi connectivity index (χ1n) is 7.76. The molecule has 4 rings (SSSR count). The first-order chi connectivity index (χ1) is 12.2. The zero-order valence-electron chi connectivity index (χ0n) is 13.1. The van der Waals surface area contributed by atoms with Gasteiger partial charge in [-0.3, -0.25) is 4.79 Å². The molecule has 0 bridgehead atoms. The lowest BCUT2D eigenvalue weighted by molar-refractivity contribution is -0.115. The molecule has 124 valence electrons. The quantitative estimate of drug-likeness (QED) is 0.564. The molecule has 4 aromatic rings. The molecule has 4 nitrogen and oxygen atoms in total. The van der Waals surface area contributed by atoms with Crippen molar-refractivity contribution in [3.05, 3.63) is 71.5 Å². The van der Waals surface area contributed by atoms with Crippen LogP contribution in [0.25, 0.3) is 22.2 Å². The second kappa shape index (κ2) is 6.49. The minimum Gasteiger partial charge on any atom is -0.360 e. The number of benzene rings is 2. The molecule has 0 radical (unpaired) electrons. The third-order valence-electron chi connectivity index (χ3n) is 3.92. The monoisotopic (exact) mass is 351 g/mol. The number of hydrogen-bond acceptors (Lipinski definition) is 3. The standard InChI is InChI=1S/C19H14FN3OS/c20-15-7-3-1-5-12(15)9-18(24)23-19-22-17(11-25-19)14-10-21-16-8-4-2-6-13(14)16/h1-8,10-11,21H,9H2,(H,22,23,24). The summed E-state index contributed by atoms with van der Waals surface area (Å²) < 4.78 is 13.6. The van der Waals surface area contributed by atoms with Crippen molar-refractivity contribution in [1.82, 2.24) is 9.97 Å². The summed E-state index contributed by atoms with van der Waals surface area (Å²) in [6.07, 6.45) is 1.89. The highest BCUT2D eigenvalue weighted by molar-refractivity contribution is 7.14. The van der Waals surface area contributed by atoms with Crippen LogP contribution in [0.15, 0.2) is 60.1 Å². The molecular formula is C19H14FN3OS. The summed E-state index contributed by atoms with van der Waals surface area (Å²) in [5, 5.41) is 6.22. The van der Waals surface area contributed by atoms with Crippen molar-refractivity contribution in [2.24, 2.45) is 0 Å². The third kappa shape index (κ3) is 3.16. The number of aromatic amines is 1. The Morgan fingerprint density at radius 3 is 2.84 bits per heavy atom. The van der Waals surface area contributed by atoms with Crippen molar-refractivity contribution < 1.29 is 9.18 Å². The number of para-hydroxylation sites is 1. The number of aromatic nitrogens is 2. The van der Waals surface area contributed by atoms with Crippen molar-refractivity contribution in [1.29, 1.82) is 0 Å². The highest BCUT2D eigenvalue weighted by atomic mass is 32.1. The van der Waals surface area contributed by atoms with Crippen LogP contribution in [0.1, 0.15) is 5.56 Å². The molecule has 2 aromatic heterocycles. The highest BCUT2D eigenvalue weighted by Gasteiger charge is 2.13. The number of carbonyl (C=O) groups is 1. The molecule has 0 saturated carbocycles. The van der Waals surface area contributed by atoms with Crippen molar-refractivity contribution in [2.75, 3.05) is 5.32 Å². The van der Waals surface area contributed by atoms with E-state index in [0.717, 1.165) is 22.2 Å². The summed E-state index contributed by atoms with van der Waals surface area (Å²) in [6, 6.07) is 14.2. The Kier molecular flexibility index (Phi) is 4.03.